The van der Waals surface area contributed by atoms with Gasteiger partial charge < -0.3 is 9.64 Å². The lowest BCUT2D eigenvalue weighted by Gasteiger charge is -2.36. The molecule has 4 nitrogen and oxygen atoms in total. The van der Waals surface area contributed by atoms with Crippen molar-refractivity contribution in [2.75, 3.05) is 7.05 Å². The Morgan fingerprint density at radius 2 is 1.83 bits per heavy atom. The summed E-state index contributed by atoms with van der Waals surface area (Å²) in [6.07, 6.45) is 1.49. The van der Waals surface area contributed by atoms with E-state index in [1.54, 1.807) is 12.3 Å². The summed E-state index contributed by atoms with van der Waals surface area (Å²) in [4.78, 5) is 2.46. The van der Waals surface area contributed by atoms with Gasteiger partial charge in [0.25, 0.3) is 0 Å². The van der Waals surface area contributed by atoms with Gasteiger partial charge in [-0.05, 0) is 50.9 Å². The quantitative estimate of drug-likeness (QED) is 0.843. The van der Waals surface area contributed by atoms with Crippen molar-refractivity contribution in [2.45, 2.75) is 50.2 Å². The zero-order valence-corrected chi connectivity index (χ0v) is 12.8. The predicted octanol–water partition coefficient (Wildman–Crippen LogP) is 3.73. The molecule has 7 heteroatoms. The number of alkyl halides is 3. The molecule has 0 saturated carbocycles. The lowest BCUT2D eigenvalue weighted by atomic mass is 9.98. The molecule has 2 aliphatic rings. The van der Waals surface area contributed by atoms with Crippen LogP contribution in [0.15, 0.2) is 24.4 Å². The van der Waals surface area contributed by atoms with E-state index in [1.807, 2.05) is 4.68 Å². The predicted molar refractivity (Wildman–Crippen MR) is 79.3 cm³/mol. The average Bonchev–Trinajstić information content (AvgIpc) is 2.94. The molecule has 23 heavy (non-hydrogen) atoms. The average molecular weight is 325 g/mol. The Morgan fingerprint density at radius 1 is 1.13 bits per heavy atom. The van der Waals surface area contributed by atoms with Gasteiger partial charge in [-0.25, -0.2) is 0 Å². The van der Waals surface area contributed by atoms with E-state index in [9.17, 15) is 13.2 Å². The van der Waals surface area contributed by atoms with Crippen LogP contribution in [0.4, 0.5) is 13.2 Å². The molecule has 3 heterocycles. The minimum absolute atomic E-state index is 0.201. The standard InChI is InChI=1S/C16H18F3N3O/c1-21-11-2-3-12(21)8-13(7-11)22-15-5-4-14(23-16(17,18)19)6-10(15)9-20-22/h4-6,9,11-13H,2-3,7-8H2,1H3. The first-order valence-corrected chi connectivity index (χ1v) is 7.86. The van der Waals surface area contributed by atoms with Gasteiger partial charge in [-0.2, -0.15) is 5.10 Å². The monoisotopic (exact) mass is 325 g/mol. The third kappa shape index (κ3) is 2.67. The number of piperidine rings is 1. The molecule has 1 aromatic heterocycles. The molecular formula is C16H18F3N3O. The fraction of sp³-hybridized carbons (Fsp3) is 0.562. The Labute approximate surface area is 131 Å². The molecule has 0 amide bonds. The van der Waals surface area contributed by atoms with Crippen molar-refractivity contribution >= 4 is 10.9 Å². The van der Waals surface area contributed by atoms with Gasteiger partial charge in [0.05, 0.1) is 17.8 Å². The van der Waals surface area contributed by atoms with E-state index in [1.165, 1.54) is 25.0 Å². The van der Waals surface area contributed by atoms with E-state index in [0.29, 0.717) is 23.5 Å². The molecule has 0 aliphatic carbocycles. The van der Waals surface area contributed by atoms with Crippen LogP contribution in [0.5, 0.6) is 5.75 Å². The first-order chi connectivity index (χ1) is 10.9. The third-order valence-corrected chi connectivity index (χ3v) is 5.22. The van der Waals surface area contributed by atoms with Crippen molar-refractivity contribution in [3.8, 4) is 5.75 Å². The zero-order chi connectivity index (χ0) is 16.2. The smallest absolute Gasteiger partial charge is 0.406 e. The van der Waals surface area contributed by atoms with E-state index >= 15 is 0 Å². The Bertz CT molecular complexity index is 713. The lowest BCUT2D eigenvalue weighted by molar-refractivity contribution is -0.274. The van der Waals surface area contributed by atoms with Gasteiger partial charge in [-0.1, -0.05) is 0 Å². The maximum atomic E-state index is 12.3. The number of aromatic nitrogens is 2. The zero-order valence-electron chi connectivity index (χ0n) is 12.8. The normalized spacial score (nSPS) is 28.4. The maximum Gasteiger partial charge on any atom is 0.573 e. The fourth-order valence-corrected chi connectivity index (χ4v) is 4.10. The highest BCUT2D eigenvalue weighted by Gasteiger charge is 2.39. The van der Waals surface area contributed by atoms with Crippen molar-refractivity contribution < 1.29 is 17.9 Å². The summed E-state index contributed by atoms with van der Waals surface area (Å²) in [6.45, 7) is 0. The van der Waals surface area contributed by atoms with E-state index in [2.05, 4.69) is 21.8 Å². The first kappa shape index (κ1) is 14.8. The second kappa shape index (κ2) is 5.12. The number of rotatable bonds is 2. The highest BCUT2D eigenvalue weighted by Crippen LogP contribution is 2.40. The van der Waals surface area contributed by atoms with Gasteiger partial charge in [0.1, 0.15) is 5.75 Å². The number of ether oxygens (including phenoxy) is 1. The van der Waals surface area contributed by atoms with E-state index in [4.69, 9.17) is 0 Å². The number of halogens is 3. The van der Waals surface area contributed by atoms with Crippen LogP contribution in [0, 0.1) is 0 Å². The number of nitrogens with zero attached hydrogens (tertiary/aromatic N) is 3. The van der Waals surface area contributed by atoms with Crippen LogP contribution in [0.1, 0.15) is 31.7 Å². The third-order valence-electron chi connectivity index (χ3n) is 5.22. The van der Waals surface area contributed by atoms with E-state index in [0.717, 1.165) is 18.4 Å². The summed E-state index contributed by atoms with van der Waals surface area (Å²) in [5, 5.41) is 5.12. The molecule has 124 valence electrons. The summed E-state index contributed by atoms with van der Waals surface area (Å²) in [5.41, 5.74) is 0.869. The van der Waals surface area contributed by atoms with E-state index in [-0.39, 0.29) is 5.75 Å². The molecule has 2 fully saturated rings. The second-order valence-electron chi connectivity index (χ2n) is 6.53. The van der Waals surface area contributed by atoms with Gasteiger partial charge in [0.2, 0.25) is 0 Å². The SMILES string of the molecule is CN1C2CCC1CC(n1ncc3cc(OC(F)(F)F)ccc31)C2. The van der Waals surface area contributed by atoms with E-state index < -0.39 is 6.36 Å². The summed E-state index contributed by atoms with van der Waals surface area (Å²) in [7, 11) is 2.18. The van der Waals surface area contributed by atoms with Crippen molar-refractivity contribution in [3.63, 3.8) is 0 Å². The van der Waals surface area contributed by atoms with Crippen LogP contribution in [-0.2, 0) is 0 Å². The summed E-state index contributed by atoms with van der Waals surface area (Å²) in [5.74, 6) is -0.201. The molecular weight excluding hydrogens is 307 g/mol. The molecule has 2 saturated heterocycles. The molecule has 2 aliphatic heterocycles. The molecule has 0 N–H and O–H groups in total. The van der Waals surface area contributed by atoms with Gasteiger partial charge in [-0.3, -0.25) is 4.68 Å². The minimum Gasteiger partial charge on any atom is -0.406 e. The minimum atomic E-state index is -4.67. The Hall–Kier alpha value is -1.76. The van der Waals surface area contributed by atoms with Crippen LogP contribution in [0.25, 0.3) is 10.9 Å². The molecule has 2 atom stereocenters. The van der Waals surface area contributed by atoms with Crippen molar-refractivity contribution in [1.29, 1.82) is 0 Å². The highest BCUT2D eigenvalue weighted by molar-refractivity contribution is 5.80. The first-order valence-electron chi connectivity index (χ1n) is 7.86. The number of benzene rings is 1. The Balaban J connectivity index is 1.62. The highest BCUT2D eigenvalue weighted by atomic mass is 19.4. The summed E-state index contributed by atoms with van der Waals surface area (Å²) in [6, 6.07) is 5.92. The van der Waals surface area contributed by atoms with Gasteiger partial charge in [0.15, 0.2) is 0 Å². The van der Waals surface area contributed by atoms with Crippen molar-refractivity contribution in [3.05, 3.63) is 24.4 Å². The number of hydrogen-bond donors (Lipinski definition) is 0. The molecule has 2 aromatic rings. The summed E-state index contributed by atoms with van der Waals surface area (Å²) < 4.78 is 42.9. The molecule has 0 spiro atoms. The fourth-order valence-electron chi connectivity index (χ4n) is 4.10. The molecule has 4 rings (SSSR count). The Morgan fingerprint density at radius 3 is 2.48 bits per heavy atom. The summed E-state index contributed by atoms with van der Waals surface area (Å²) >= 11 is 0. The van der Waals surface area contributed by atoms with Crippen molar-refractivity contribution in [1.82, 2.24) is 14.7 Å². The van der Waals surface area contributed by atoms with Crippen LogP contribution >= 0.6 is 0 Å². The van der Waals surface area contributed by atoms with Gasteiger partial charge in [-0.15, -0.1) is 13.2 Å². The van der Waals surface area contributed by atoms with Gasteiger partial charge in [0, 0.05) is 17.5 Å². The van der Waals surface area contributed by atoms with Crippen LogP contribution in [0.3, 0.4) is 0 Å². The lowest BCUT2D eigenvalue weighted by Crippen LogP contribution is -2.40. The number of hydrogen-bond acceptors (Lipinski definition) is 3. The largest absolute Gasteiger partial charge is 0.573 e. The maximum absolute atomic E-state index is 12.3. The molecule has 2 unspecified atom stereocenters. The molecule has 1 aromatic carbocycles. The molecule has 2 bridgehead atoms. The van der Waals surface area contributed by atoms with Crippen molar-refractivity contribution in [2.24, 2.45) is 0 Å². The van der Waals surface area contributed by atoms with Gasteiger partial charge >= 0.3 is 6.36 Å². The molecule has 0 radical (unpaired) electrons. The van der Waals surface area contributed by atoms with Crippen LogP contribution in [-0.4, -0.2) is 40.2 Å². The topological polar surface area (TPSA) is 30.3 Å². The number of fused-ring (bicyclic) bond motifs is 3. The van der Waals surface area contributed by atoms with Crippen LogP contribution < -0.4 is 4.74 Å². The van der Waals surface area contributed by atoms with Crippen LogP contribution in [0.2, 0.25) is 0 Å². The second-order valence-corrected chi connectivity index (χ2v) is 6.53. The Kier molecular flexibility index (Phi) is 3.30.